The van der Waals surface area contributed by atoms with Gasteiger partial charge < -0.3 is 29.7 Å². The van der Waals surface area contributed by atoms with E-state index >= 15 is 0 Å². The average molecular weight is 496 g/mol. The molecule has 2 N–H and O–H groups in total. The van der Waals surface area contributed by atoms with Crippen LogP contribution in [0.2, 0.25) is 0 Å². The van der Waals surface area contributed by atoms with Gasteiger partial charge in [0.1, 0.15) is 5.75 Å². The summed E-state index contributed by atoms with van der Waals surface area (Å²) in [5, 5.41) is 13.0. The third-order valence-corrected chi connectivity index (χ3v) is 6.12. The number of phenols is 1. The van der Waals surface area contributed by atoms with E-state index in [0.29, 0.717) is 38.3 Å². The predicted octanol–water partition coefficient (Wildman–Crippen LogP) is 3.51. The zero-order valence-corrected chi connectivity index (χ0v) is 20.2. The first kappa shape index (κ1) is 26.6. The van der Waals surface area contributed by atoms with Crippen LogP contribution in [0.5, 0.6) is 17.2 Å². The number of hydrogen-bond donors (Lipinski definition) is 2. The summed E-state index contributed by atoms with van der Waals surface area (Å²) in [6.45, 7) is 5.15. The Morgan fingerprint density at radius 1 is 1.09 bits per heavy atom. The Kier molecular flexibility index (Phi) is 8.50. The van der Waals surface area contributed by atoms with Crippen molar-refractivity contribution >= 4 is 5.91 Å². The van der Waals surface area contributed by atoms with E-state index < -0.39 is 17.3 Å². The minimum absolute atomic E-state index is 0.0477. The number of carbonyl (C=O) groups excluding carboxylic acids is 1. The molecule has 2 aromatic carbocycles. The summed E-state index contributed by atoms with van der Waals surface area (Å²) in [5.74, 6) is 0.418. The summed E-state index contributed by atoms with van der Waals surface area (Å²) in [7, 11) is 3.46. The Hall–Kier alpha value is -2.98. The second kappa shape index (κ2) is 11.2. The lowest BCUT2D eigenvalue weighted by Gasteiger charge is -2.39. The van der Waals surface area contributed by atoms with Gasteiger partial charge in [-0.15, -0.1) is 0 Å². The predicted molar refractivity (Wildman–Crippen MR) is 126 cm³/mol. The number of phenolic OH excluding ortho intramolecular Hbond substituents is 1. The highest BCUT2D eigenvalue weighted by molar-refractivity contribution is 5.85. The quantitative estimate of drug-likeness (QED) is 0.519. The van der Waals surface area contributed by atoms with Crippen LogP contribution >= 0.6 is 0 Å². The fourth-order valence-electron chi connectivity index (χ4n) is 3.91. The molecule has 192 valence electrons. The number of benzene rings is 2. The number of amides is 1. The minimum Gasteiger partial charge on any atom is -0.504 e. The number of likely N-dealkylation sites (N-methyl/N-ethyl adjacent to an activating group) is 1. The Labute approximate surface area is 203 Å². The van der Waals surface area contributed by atoms with Crippen molar-refractivity contribution in [1.82, 2.24) is 15.1 Å². The number of methoxy groups -OCH3 is 1. The molecular weight excluding hydrogens is 463 g/mol. The second-order valence-corrected chi connectivity index (χ2v) is 8.88. The third kappa shape index (κ3) is 7.02. The van der Waals surface area contributed by atoms with Gasteiger partial charge in [-0.25, -0.2) is 0 Å². The maximum atomic E-state index is 13.5. The van der Waals surface area contributed by atoms with Gasteiger partial charge in [-0.05, 0) is 62.5 Å². The molecule has 3 rings (SSSR count). The van der Waals surface area contributed by atoms with E-state index in [1.165, 1.54) is 19.2 Å². The number of aromatic hydroxyl groups is 1. The van der Waals surface area contributed by atoms with Gasteiger partial charge in [0.25, 0.3) is 5.91 Å². The highest BCUT2D eigenvalue weighted by atomic mass is 19.4. The van der Waals surface area contributed by atoms with E-state index in [2.05, 4.69) is 10.2 Å². The van der Waals surface area contributed by atoms with Crippen molar-refractivity contribution in [2.75, 3.05) is 46.9 Å². The van der Waals surface area contributed by atoms with Gasteiger partial charge in [0.05, 0.1) is 12.7 Å². The summed E-state index contributed by atoms with van der Waals surface area (Å²) in [6.07, 6.45) is -4.15. The summed E-state index contributed by atoms with van der Waals surface area (Å²) in [4.78, 5) is 17.3. The molecule has 1 unspecified atom stereocenters. The van der Waals surface area contributed by atoms with Crippen LogP contribution in [0.3, 0.4) is 0 Å². The van der Waals surface area contributed by atoms with Crippen LogP contribution in [0, 0.1) is 0 Å². The lowest BCUT2D eigenvalue weighted by atomic mass is 9.98. The largest absolute Gasteiger partial charge is 0.504 e. The van der Waals surface area contributed by atoms with Crippen molar-refractivity contribution in [1.29, 1.82) is 0 Å². The first-order valence-corrected chi connectivity index (χ1v) is 11.4. The van der Waals surface area contributed by atoms with E-state index in [9.17, 15) is 23.1 Å². The summed E-state index contributed by atoms with van der Waals surface area (Å²) in [6, 6.07) is 9.42. The molecule has 0 bridgehead atoms. The Morgan fingerprint density at radius 3 is 2.34 bits per heavy atom. The average Bonchev–Trinajstić information content (AvgIpc) is 2.82. The van der Waals surface area contributed by atoms with Crippen molar-refractivity contribution < 1.29 is 32.5 Å². The van der Waals surface area contributed by atoms with E-state index in [4.69, 9.17) is 9.47 Å². The highest BCUT2D eigenvalue weighted by Crippen LogP contribution is 2.32. The first-order valence-electron chi connectivity index (χ1n) is 11.4. The summed E-state index contributed by atoms with van der Waals surface area (Å²) >= 11 is 0. The lowest BCUT2D eigenvalue weighted by Crippen LogP contribution is -2.56. The van der Waals surface area contributed by atoms with Crippen molar-refractivity contribution in [3.8, 4) is 17.2 Å². The summed E-state index contributed by atoms with van der Waals surface area (Å²) < 4.78 is 50.0. The number of piperazine rings is 1. The van der Waals surface area contributed by atoms with Gasteiger partial charge in [0.15, 0.2) is 17.1 Å². The normalized spacial score (nSPS) is 16.6. The number of carbonyl (C=O) groups is 1. The van der Waals surface area contributed by atoms with Crippen LogP contribution < -0.4 is 14.8 Å². The number of halogens is 3. The number of rotatable bonds is 9. The summed E-state index contributed by atoms with van der Waals surface area (Å²) in [5.41, 5.74) is -1.16. The molecule has 1 aliphatic heterocycles. The fourth-order valence-corrected chi connectivity index (χ4v) is 3.91. The van der Waals surface area contributed by atoms with Gasteiger partial charge in [-0.3, -0.25) is 4.79 Å². The Balaban J connectivity index is 1.70. The molecule has 0 spiro atoms. The molecule has 1 aliphatic rings. The maximum absolute atomic E-state index is 13.5. The molecule has 10 heteroatoms. The van der Waals surface area contributed by atoms with E-state index in [1.54, 1.807) is 30.0 Å². The number of alkyl halides is 3. The first-order chi connectivity index (χ1) is 16.5. The zero-order chi connectivity index (χ0) is 25.6. The molecule has 0 radical (unpaired) electrons. The smallest absolute Gasteiger partial charge is 0.416 e. The van der Waals surface area contributed by atoms with Crippen molar-refractivity contribution in [2.45, 2.75) is 31.7 Å². The Bertz CT molecular complexity index is 992. The number of nitrogens with zero attached hydrogens (tertiary/aromatic N) is 2. The van der Waals surface area contributed by atoms with Crippen molar-refractivity contribution in [3.63, 3.8) is 0 Å². The van der Waals surface area contributed by atoms with E-state index in [-0.39, 0.29) is 17.4 Å². The molecule has 1 heterocycles. The number of nitrogens with one attached hydrogen (secondary N) is 1. The maximum Gasteiger partial charge on any atom is 0.416 e. The van der Waals surface area contributed by atoms with Crippen LogP contribution in [-0.2, 0) is 17.5 Å². The molecule has 1 amide bonds. The molecule has 0 saturated carbocycles. The van der Waals surface area contributed by atoms with Gasteiger partial charge in [-0.1, -0.05) is 6.07 Å². The highest BCUT2D eigenvalue weighted by Gasteiger charge is 2.40. The minimum atomic E-state index is -4.45. The second-order valence-electron chi connectivity index (χ2n) is 8.88. The molecule has 2 aromatic rings. The third-order valence-electron chi connectivity index (χ3n) is 6.12. The SMILES string of the molecule is COc1cc(CNCCC(C)(Oc2ccc(C(F)(F)F)cc2)C(=O)N2CCN(C)CC2)ccc1O. The molecule has 0 aliphatic carbocycles. The van der Waals surface area contributed by atoms with Crippen molar-refractivity contribution in [3.05, 3.63) is 53.6 Å². The number of hydrogen-bond acceptors (Lipinski definition) is 6. The monoisotopic (exact) mass is 495 g/mol. The lowest BCUT2D eigenvalue weighted by molar-refractivity contribution is -0.149. The van der Waals surface area contributed by atoms with Gasteiger partial charge in [0, 0.05) is 39.1 Å². The topological polar surface area (TPSA) is 74.3 Å². The molecule has 1 saturated heterocycles. The fraction of sp³-hybridized carbons (Fsp3) is 0.480. The van der Waals surface area contributed by atoms with Gasteiger partial charge in [-0.2, -0.15) is 13.2 Å². The molecule has 1 atom stereocenters. The van der Waals surface area contributed by atoms with Crippen LogP contribution in [0.4, 0.5) is 13.2 Å². The molecule has 7 nitrogen and oxygen atoms in total. The Morgan fingerprint density at radius 2 is 1.74 bits per heavy atom. The standard InChI is InChI=1S/C25H32F3N3O4/c1-24(23(33)31-14-12-30(2)13-15-31,35-20-7-5-19(6-8-20)25(26,27)28)10-11-29-17-18-4-9-21(32)22(16-18)34-3/h4-9,16,29,32H,10-15,17H2,1-3H3. The van der Waals surface area contributed by atoms with E-state index in [1.807, 2.05) is 7.05 Å². The molecular formula is C25H32F3N3O4. The van der Waals surface area contributed by atoms with Gasteiger partial charge in [0.2, 0.25) is 0 Å². The van der Waals surface area contributed by atoms with Crippen LogP contribution in [-0.4, -0.2) is 73.3 Å². The number of ether oxygens (including phenoxy) is 2. The van der Waals surface area contributed by atoms with Gasteiger partial charge >= 0.3 is 6.18 Å². The zero-order valence-electron chi connectivity index (χ0n) is 20.2. The van der Waals surface area contributed by atoms with E-state index in [0.717, 1.165) is 30.8 Å². The molecule has 35 heavy (non-hydrogen) atoms. The van der Waals surface area contributed by atoms with Crippen LogP contribution in [0.1, 0.15) is 24.5 Å². The molecule has 0 aromatic heterocycles. The van der Waals surface area contributed by atoms with Crippen LogP contribution in [0.25, 0.3) is 0 Å². The van der Waals surface area contributed by atoms with Crippen molar-refractivity contribution in [2.24, 2.45) is 0 Å². The van der Waals surface area contributed by atoms with Crippen LogP contribution in [0.15, 0.2) is 42.5 Å². The molecule has 1 fully saturated rings.